The number of guanidine groups is 1. The summed E-state index contributed by atoms with van der Waals surface area (Å²) in [5.74, 6) is 1.37. The third kappa shape index (κ3) is 7.74. The van der Waals surface area contributed by atoms with Crippen LogP contribution in [0.3, 0.4) is 0 Å². The number of likely N-dealkylation sites (tertiary alicyclic amines) is 1. The lowest BCUT2D eigenvalue weighted by Gasteiger charge is -2.34. The first-order valence-electron chi connectivity index (χ1n) is 9.66. The van der Waals surface area contributed by atoms with Crippen molar-refractivity contribution in [2.24, 2.45) is 10.9 Å². The molecule has 0 unspecified atom stereocenters. The van der Waals surface area contributed by atoms with Gasteiger partial charge in [-0.1, -0.05) is 12.1 Å². The van der Waals surface area contributed by atoms with Crippen LogP contribution in [0.4, 0.5) is 0 Å². The fourth-order valence-corrected chi connectivity index (χ4v) is 3.93. The summed E-state index contributed by atoms with van der Waals surface area (Å²) in [6.07, 6.45) is 2.52. The standard InChI is InChI=1S/C19H31N5O3S.HI/c1-4-22-19(24-11-9-15(10-12-24)13-18(25)20-2)23-14-16-5-7-17(8-6-16)28(26,27)21-3;/h5-8,15,21H,4,9-14H2,1-3H3,(H,20,25)(H,22,23);1H. The van der Waals surface area contributed by atoms with Gasteiger partial charge in [0.05, 0.1) is 11.4 Å². The zero-order chi connectivity index (χ0) is 20.6. The lowest BCUT2D eigenvalue weighted by atomic mass is 9.93. The summed E-state index contributed by atoms with van der Waals surface area (Å²) in [7, 11) is -0.351. The summed E-state index contributed by atoms with van der Waals surface area (Å²) < 4.78 is 25.9. The van der Waals surface area contributed by atoms with E-state index in [4.69, 9.17) is 4.99 Å². The van der Waals surface area contributed by atoms with Crippen molar-refractivity contribution in [1.29, 1.82) is 0 Å². The molecule has 8 nitrogen and oxygen atoms in total. The van der Waals surface area contributed by atoms with Crippen molar-refractivity contribution in [3.63, 3.8) is 0 Å². The maximum Gasteiger partial charge on any atom is 0.240 e. The number of rotatable bonds is 7. The van der Waals surface area contributed by atoms with Crippen LogP contribution in [0.2, 0.25) is 0 Å². The Labute approximate surface area is 191 Å². The van der Waals surface area contributed by atoms with Gasteiger partial charge < -0.3 is 15.5 Å². The first-order valence-corrected chi connectivity index (χ1v) is 11.1. The number of halogens is 1. The first kappa shape index (κ1) is 25.6. The number of carbonyl (C=O) groups excluding carboxylic acids is 1. The predicted octanol–water partition coefficient (Wildman–Crippen LogP) is 1.53. The molecule has 29 heavy (non-hydrogen) atoms. The maximum atomic E-state index is 11.8. The average Bonchev–Trinajstić information content (AvgIpc) is 2.72. The van der Waals surface area contributed by atoms with Crippen molar-refractivity contribution in [1.82, 2.24) is 20.3 Å². The highest BCUT2D eigenvalue weighted by atomic mass is 127. The van der Waals surface area contributed by atoms with Gasteiger partial charge in [0, 0.05) is 33.1 Å². The van der Waals surface area contributed by atoms with E-state index in [9.17, 15) is 13.2 Å². The van der Waals surface area contributed by atoms with Gasteiger partial charge in [-0.3, -0.25) is 4.79 Å². The molecule has 1 aromatic carbocycles. The number of benzene rings is 1. The molecule has 2 rings (SSSR count). The average molecular weight is 537 g/mol. The van der Waals surface area contributed by atoms with E-state index in [1.165, 1.54) is 7.05 Å². The molecular formula is C19H32IN5O3S. The van der Waals surface area contributed by atoms with E-state index in [0.717, 1.165) is 44.0 Å². The number of aliphatic imine (C=N–C) groups is 1. The molecule has 1 aromatic rings. The maximum absolute atomic E-state index is 11.8. The minimum Gasteiger partial charge on any atom is -0.359 e. The van der Waals surface area contributed by atoms with Crippen LogP contribution in [0.5, 0.6) is 0 Å². The Balaban J connectivity index is 0.00000420. The zero-order valence-electron chi connectivity index (χ0n) is 17.3. The van der Waals surface area contributed by atoms with Crippen LogP contribution in [0.1, 0.15) is 31.7 Å². The summed E-state index contributed by atoms with van der Waals surface area (Å²) in [6.45, 7) is 5.02. The van der Waals surface area contributed by atoms with E-state index in [1.54, 1.807) is 31.3 Å². The molecule has 0 atom stereocenters. The fraction of sp³-hybridized carbons (Fsp3) is 0.579. The van der Waals surface area contributed by atoms with E-state index in [0.29, 0.717) is 18.9 Å². The quantitative estimate of drug-likeness (QED) is 0.278. The molecule has 1 heterocycles. The SMILES string of the molecule is CCNC(=NCc1ccc(S(=O)(=O)NC)cc1)N1CCC(CC(=O)NC)CC1.I. The molecule has 1 amide bonds. The second kappa shape index (κ2) is 12.3. The van der Waals surface area contributed by atoms with Gasteiger partial charge in [-0.15, -0.1) is 24.0 Å². The molecule has 0 radical (unpaired) electrons. The van der Waals surface area contributed by atoms with Crippen LogP contribution in [0, 0.1) is 5.92 Å². The number of amides is 1. The summed E-state index contributed by atoms with van der Waals surface area (Å²) >= 11 is 0. The Bertz CT molecular complexity index is 776. The molecule has 0 saturated carbocycles. The number of piperidine rings is 1. The summed E-state index contributed by atoms with van der Waals surface area (Å²) in [5, 5.41) is 6.02. The van der Waals surface area contributed by atoms with Crippen molar-refractivity contribution in [3.05, 3.63) is 29.8 Å². The summed E-state index contributed by atoms with van der Waals surface area (Å²) in [6, 6.07) is 6.75. The monoisotopic (exact) mass is 537 g/mol. The van der Waals surface area contributed by atoms with Gasteiger partial charge in [-0.05, 0) is 50.4 Å². The molecule has 0 bridgehead atoms. The van der Waals surface area contributed by atoms with Crippen molar-refractivity contribution in [2.45, 2.75) is 37.6 Å². The molecule has 1 saturated heterocycles. The van der Waals surface area contributed by atoms with Gasteiger partial charge >= 0.3 is 0 Å². The highest BCUT2D eigenvalue weighted by Gasteiger charge is 2.23. The Morgan fingerprint density at radius 3 is 2.31 bits per heavy atom. The number of hydrogen-bond acceptors (Lipinski definition) is 4. The molecule has 3 N–H and O–H groups in total. The van der Waals surface area contributed by atoms with E-state index < -0.39 is 10.0 Å². The van der Waals surface area contributed by atoms with Crippen LogP contribution < -0.4 is 15.4 Å². The second-order valence-electron chi connectivity index (χ2n) is 6.83. The number of carbonyl (C=O) groups is 1. The van der Waals surface area contributed by atoms with E-state index in [-0.39, 0.29) is 34.8 Å². The Hall–Kier alpha value is -1.40. The van der Waals surface area contributed by atoms with Gasteiger partial charge in [-0.2, -0.15) is 0 Å². The largest absolute Gasteiger partial charge is 0.359 e. The molecule has 0 spiro atoms. The topological polar surface area (TPSA) is 103 Å². The predicted molar refractivity (Wildman–Crippen MR) is 126 cm³/mol. The summed E-state index contributed by atoms with van der Waals surface area (Å²) in [4.78, 5) is 18.7. The van der Waals surface area contributed by atoms with Gasteiger partial charge in [0.25, 0.3) is 0 Å². The molecule has 0 aromatic heterocycles. The van der Waals surface area contributed by atoms with Gasteiger partial charge in [0.15, 0.2) is 5.96 Å². The van der Waals surface area contributed by atoms with Crippen molar-refractivity contribution < 1.29 is 13.2 Å². The highest BCUT2D eigenvalue weighted by Crippen LogP contribution is 2.20. The molecule has 164 valence electrons. The Kier molecular flexibility index (Phi) is 10.9. The molecule has 1 fully saturated rings. The van der Waals surface area contributed by atoms with Crippen LogP contribution in [0.25, 0.3) is 0 Å². The molecule has 1 aliphatic rings. The molecular weight excluding hydrogens is 505 g/mol. The number of hydrogen-bond donors (Lipinski definition) is 3. The Morgan fingerprint density at radius 2 is 1.79 bits per heavy atom. The highest BCUT2D eigenvalue weighted by molar-refractivity contribution is 14.0. The molecule has 10 heteroatoms. The third-order valence-electron chi connectivity index (χ3n) is 4.92. The minimum absolute atomic E-state index is 0. The van der Waals surface area contributed by atoms with Gasteiger partial charge in [0.2, 0.25) is 15.9 Å². The zero-order valence-corrected chi connectivity index (χ0v) is 20.4. The smallest absolute Gasteiger partial charge is 0.240 e. The second-order valence-corrected chi connectivity index (χ2v) is 8.72. The van der Waals surface area contributed by atoms with Gasteiger partial charge in [-0.25, -0.2) is 18.1 Å². The van der Waals surface area contributed by atoms with E-state index >= 15 is 0 Å². The number of nitrogens with zero attached hydrogens (tertiary/aromatic N) is 2. The van der Waals surface area contributed by atoms with Gasteiger partial charge in [0.1, 0.15) is 0 Å². The van der Waals surface area contributed by atoms with Crippen molar-refractivity contribution in [3.8, 4) is 0 Å². The third-order valence-corrected chi connectivity index (χ3v) is 6.35. The van der Waals surface area contributed by atoms with Crippen molar-refractivity contribution in [2.75, 3.05) is 33.7 Å². The van der Waals surface area contributed by atoms with Crippen LogP contribution in [-0.4, -0.2) is 58.9 Å². The summed E-state index contributed by atoms with van der Waals surface area (Å²) in [5.41, 5.74) is 0.944. The van der Waals surface area contributed by atoms with E-state index in [2.05, 4.69) is 20.3 Å². The van der Waals surface area contributed by atoms with Crippen LogP contribution in [-0.2, 0) is 21.4 Å². The van der Waals surface area contributed by atoms with E-state index in [1.807, 2.05) is 6.92 Å². The van der Waals surface area contributed by atoms with Crippen LogP contribution >= 0.6 is 24.0 Å². The lowest BCUT2D eigenvalue weighted by Crippen LogP contribution is -2.46. The Morgan fingerprint density at radius 1 is 1.17 bits per heavy atom. The number of nitrogens with one attached hydrogen (secondary N) is 3. The van der Waals surface area contributed by atoms with Crippen LogP contribution in [0.15, 0.2) is 34.2 Å². The molecule has 1 aliphatic heterocycles. The first-order chi connectivity index (χ1) is 13.4. The fourth-order valence-electron chi connectivity index (χ4n) is 3.20. The minimum atomic E-state index is -3.42. The lowest BCUT2D eigenvalue weighted by molar-refractivity contribution is -0.121. The molecule has 0 aliphatic carbocycles. The van der Waals surface area contributed by atoms with Crippen molar-refractivity contribution >= 4 is 45.9 Å². The normalized spacial score (nSPS) is 15.6. The number of sulfonamides is 1.